The minimum atomic E-state index is 0.322. The minimum absolute atomic E-state index is 0.322. The van der Waals surface area contributed by atoms with E-state index in [1.165, 1.54) is 18.4 Å². The number of ether oxygens (including phenoxy) is 1. The lowest BCUT2D eigenvalue weighted by Gasteiger charge is -2.35. The highest BCUT2D eigenvalue weighted by Gasteiger charge is 2.23. The third-order valence-corrected chi connectivity index (χ3v) is 4.30. The molecule has 2 heterocycles. The molecule has 1 unspecified atom stereocenters. The Hall–Kier alpha value is -0.840. The molecule has 0 spiro atoms. The van der Waals surface area contributed by atoms with Gasteiger partial charge in [-0.25, -0.2) is 0 Å². The van der Waals surface area contributed by atoms with Gasteiger partial charge in [0.1, 0.15) is 0 Å². The fourth-order valence-electron chi connectivity index (χ4n) is 2.82. The third kappa shape index (κ3) is 3.84. The summed E-state index contributed by atoms with van der Waals surface area (Å²) in [6.45, 7) is 9.47. The van der Waals surface area contributed by atoms with Crippen molar-refractivity contribution in [3.63, 3.8) is 0 Å². The van der Waals surface area contributed by atoms with Crippen LogP contribution in [0.5, 0.6) is 0 Å². The van der Waals surface area contributed by atoms with Gasteiger partial charge in [0.15, 0.2) is 0 Å². The number of nitrogens with zero attached hydrogens (tertiary/aromatic N) is 2. The Morgan fingerprint density at radius 1 is 1.40 bits per heavy atom. The maximum absolute atomic E-state index is 5.90. The SMILES string of the molecule is CC(C)N1CCOC(Cn2ccc(CNC3CC3)c2)C1. The molecule has 1 aromatic heterocycles. The van der Waals surface area contributed by atoms with Gasteiger partial charge in [-0.3, -0.25) is 4.90 Å². The van der Waals surface area contributed by atoms with E-state index >= 15 is 0 Å². The van der Waals surface area contributed by atoms with Gasteiger partial charge in [0, 0.05) is 50.7 Å². The number of hydrogen-bond donors (Lipinski definition) is 1. The van der Waals surface area contributed by atoms with Gasteiger partial charge in [-0.1, -0.05) is 0 Å². The molecule has 0 radical (unpaired) electrons. The van der Waals surface area contributed by atoms with Gasteiger partial charge >= 0.3 is 0 Å². The standard InChI is InChI=1S/C16H27N3O/c1-13(2)19-7-8-20-16(12-19)11-18-6-5-14(10-18)9-17-15-3-4-15/h5-6,10,13,15-17H,3-4,7-9,11-12H2,1-2H3. The lowest BCUT2D eigenvalue weighted by Crippen LogP contribution is -2.47. The van der Waals surface area contributed by atoms with Crippen LogP contribution < -0.4 is 5.32 Å². The lowest BCUT2D eigenvalue weighted by atomic mass is 10.2. The highest BCUT2D eigenvalue weighted by atomic mass is 16.5. The smallest absolute Gasteiger partial charge is 0.0881 e. The number of rotatable bonds is 6. The van der Waals surface area contributed by atoms with E-state index < -0.39 is 0 Å². The molecule has 0 aromatic carbocycles. The lowest BCUT2D eigenvalue weighted by molar-refractivity contribution is -0.0455. The first-order chi connectivity index (χ1) is 9.70. The van der Waals surface area contributed by atoms with Crippen molar-refractivity contribution in [2.45, 2.75) is 58.0 Å². The molecule has 2 fully saturated rings. The Kier molecular flexibility index (Phi) is 4.44. The first-order valence-electron chi connectivity index (χ1n) is 7.94. The predicted octanol–water partition coefficient (Wildman–Crippen LogP) is 1.85. The topological polar surface area (TPSA) is 29.4 Å². The largest absolute Gasteiger partial charge is 0.374 e. The molecule has 1 saturated carbocycles. The number of aromatic nitrogens is 1. The first kappa shape index (κ1) is 14.1. The molecule has 1 N–H and O–H groups in total. The van der Waals surface area contributed by atoms with E-state index in [2.05, 4.69) is 47.1 Å². The minimum Gasteiger partial charge on any atom is -0.374 e. The number of nitrogens with one attached hydrogen (secondary N) is 1. The van der Waals surface area contributed by atoms with Crippen LogP contribution in [-0.4, -0.2) is 47.4 Å². The van der Waals surface area contributed by atoms with Gasteiger partial charge in [-0.15, -0.1) is 0 Å². The van der Waals surface area contributed by atoms with Crippen LogP contribution in [0.2, 0.25) is 0 Å². The van der Waals surface area contributed by atoms with Gasteiger partial charge in [0.25, 0.3) is 0 Å². The second kappa shape index (κ2) is 6.29. The summed E-state index contributed by atoms with van der Waals surface area (Å²) in [5.41, 5.74) is 1.38. The first-order valence-corrected chi connectivity index (χ1v) is 7.94. The third-order valence-electron chi connectivity index (χ3n) is 4.30. The van der Waals surface area contributed by atoms with E-state index in [0.29, 0.717) is 12.1 Å². The van der Waals surface area contributed by atoms with Crippen molar-refractivity contribution >= 4 is 0 Å². The van der Waals surface area contributed by atoms with Crippen molar-refractivity contribution in [1.82, 2.24) is 14.8 Å². The highest BCUT2D eigenvalue weighted by molar-refractivity contribution is 5.10. The van der Waals surface area contributed by atoms with Gasteiger partial charge in [-0.05, 0) is 38.3 Å². The molecule has 1 aromatic rings. The van der Waals surface area contributed by atoms with Crippen LogP contribution in [0.25, 0.3) is 0 Å². The van der Waals surface area contributed by atoms with E-state index in [1.54, 1.807) is 0 Å². The van der Waals surface area contributed by atoms with Gasteiger partial charge < -0.3 is 14.6 Å². The zero-order valence-corrected chi connectivity index (χ0v) is 12.7. The summed E-state index contributed by atoms with van der Waals surface area (Å²) in [4.78, 5) is 2.51. The average Bonchev–Trinajstić information content (AvgIpc) is 3.17. The molecule has 1 aliphatic heterocycles. The molecule has 4 nitrogen and oxygen atoms in total. The molecule has 1 aliphatic carbocycles. The Morgan fingerprint density at radius 3 is 3.00 bits per heavy atom. The van der Waals surface area contributed by atoms with Crippen LogP contribution in [0.1, 0.15) is 32.3 Å². The summed E-state index contributed by atoms with van der Waals surface area (Å²) in [7, 11) is 0. The molecule has 0 bridgehead atoms. The van der Waals surface area contributed by atoms with E-state index in [-0.39, 0.29) is 0 Å². The maximum atomic E-state index is 5.90. The Labute approximate surface area is 122 Å². The highest BCUT2D eigenvalue weighted by Crippen LogP contribution is 2.19. The zero-order chi connectivity index (χ0) is 13.9. The van der Waals surface area contributed by atoms with Gasteiger partial charge in [-0.2, -0.15) is 0 Å². The van der Waals surface area contributed by atoms with Crippen LogP contribution in [0.4, 0.5) is 0 Å². The Morgan fingerprint density at radius 2 is 2.25 bits per heavy atom. The van der Waals surface area contributed by atoms with Gasteiger partial charge in [0.05, 0.1) is 12.7 Å². The molecular weight excluding hydrogens is 250 g/mol. The average molecular weight is 277 g/mol. The van der Waals surface area contributed by atoms with Crippen molar-refractivity contribution in [3.05, 3.63) is 24.0 Å². The fraction of sp³-hybridized carbons (Fsp3) is 0.750. The summed E-state index contributed by atoms with van der Waals surface area (Å²) in [5.74, 6) is 0. The molecule has 20 heavy (non-hydrogen) atoms. The normalized spacial score (nSPS) is 24.4. The van der Waals surface area contributed by atoms with Crippen molar-refractivity contribution in [3.8, 4) is 0 Å². The molecule has 1 saturated heterocycles. The summed E-state index contributed by atoms with van der Waals surface area (Å²) in [5, 5.41) is 3.56. The summed E-state index contributed by atoms with van der Waals surface area (Å²) >= 11 is 0. The fourth-order valence-corrected chi connectivity index (χ4v) is 2.82. The Balaban J connectivity index is 1.49. The summed E-state index contributed by atoms with van der Waals surface area (Å²) < 4.78 is 8.18. The van der Waals surface area contributed by atoms with Gasteiger partial charge in [0.2, 0.25) is 0 Å². The number of hydrogen-bond acceptors (Lipinski definition) is 3. The van der Waals surface area contributed by atoms with E-state index in [0.717, 1.165) is 38.8 Å². The maximum Gasteiger partial charge on any atom is 0.0881 e. The van der Waals surface area contributed by atoms with Crippen molar-refractivity contribution in [1.29, 1.82) is 0 Å². The molecule has 112 valence electrons. The number of morpholine rings is 1. The van der Waals surface area contributed by atoms with Crippen LogP contribution in [0, 0.1) is 0 Å². The Bertz CT molecular complexity index is 425. The molecule has 1 atom stereocenters. The molecule has 2 aliphatic rings. The van der Waals surface area contributed by atoms with E-state index in [9.17, 15) is 0 Å². The van der Waals surface area contributed by atoms with Crippen LogP contribution >= 0.6 is 0 Å². The van der Waals surface area contributed by atoms with E-state index in [1.807, 2.05) is 0 Å². The second-order valence-corrected chi connectivity index (χ2v) is 6.45. The monoisotopic (exact) mass is 277 g/mol. The molecule has 0 amide bonds. The van der Waals surface area contributed by atoms with Crippen LogP contribution in [-0.2, 0) is 17.8 Å². The van der Waals surface area contributed by atoms with Crippen molar-refractivity contribution in [2.24, 2.45) is 0 Å². The van der Waals surface area contributed by atoms with Crippen LogP contribution in [0.3, 0.4) is 0 Å². The van der Waals surface area contributed by atoms with E-state index in [4.69, 9.17) is 4.74 Å². The van der Waals surface area contributed by atoms with Crippen LogP contribution in [0.15, 0.2) is 18.5 Å². The summed E-state index contributed by atoms with van der Waals surface area (Å²) in [6.07, 6.45) is 7.46. The molecule has 3 rings (SSSR count). The molecule has 4 heteroatoms. The zero-order valence-electron chi connectivity index (χ0n) is 12.7. The quantitative estimate of drug-likeness (QED) is 0.860. The summed E-state index contributed by atoms with van der Waals surface area (Å²) in [6, 6.07) is 3.61. The second-order valence-electron chi connectivity index (χ2n) is 6.45. The van der Waals surface area contributed by atoms with Crippen molar-refractivity contribution < 1.29 is 4.74 Å². The van der Waals surface area contributed by atoms with Crippen molar-refractivity contribution in [2.75, 3.05) is 19.7 Å². The molecular formula is C16H27N3O. The predicted molar refractivity (Wildman–Crippen MR) is 80.7 cm³/mol.